The molecule has 0 heterocycles. The normalized spacial score (nSPS) is 11.9. The van der Waals surface area contributed by atoms with Crippen molar-refractivity contribution in [1.82, 2.24) is 0 Å². The minimum atomic E-state index is -1.64. The van der Waals surface area contributed by atoms with E-state index in [1.807, 2.05) is 267 Å². The topological polar surface area (TPSA) is 105 Å². The quantitative estimate of drug-likeness (QED) is 0.0286. The van der Waals surface area contributed by atoms with Gasteiger partial charge in [-0.05, 0) is 70.4 Å². The SMILES string of the molecule is O=C(OCc1ccccc1)C(C(=O)OCc1ccccc1)C(c1cccc(C(C(C(=O)OCc2ccccc2)C(=O)OCc2ccccc2)P(c2ccccc2)c2ccccc2)c1)P(c1ccccc1)c1ccccc1. The third-order valence-electron chi connectivity index (χ3n) is 12.8. The lowest BCUT2D eigenvalue weighted by atomic mass is 9.93. The van der Waals surface area contributed by atoms with Gasteiger partial charge in [0.1, 0.15) is 26.4 Å². The molecule has 0 aliphatic carbocycles. The summed E-state index contributed by atoms with van der Waals surface area (Å²) in [5, 5.41) is 3.59. The largest absolute Gasteiger partial charge is 0.460 e. The average Bonchev–Trinajstić information content (AvgIpc) is 3.49. The highest BCUT2D eigenvalue weighted by atomic mass is 31.1. The number of carbonyl (C=O) groups is 4. The second-order valence-corrected chi connectivity index (χ2v) is 22.6. The fraction of sp³-hybridized carbons (Fsp3) is 0.121. The van der Waals surface area contributed by atoms with E-state index in [1.54, 1.807) is 0 Å². The summed E-state index contributed by atoms with van der Waals surface area (Å²) in [4.78, 5) is 61.1. The summed E-state index contributed by atoms with van der Waals surface area (Å²) in [7, 11) is -3.28. The predicted molar refractivity (Wildman–Crippen MR) is 302 cm³/mol. The molecule has 0 radical (unpaired) electrons. The molecular weight excluding hydrogens is 983 g/mol. The van der Waals surface area contributed by atoms with E-state index in [0.717, 1.165) is 43.5 Å². The molecule has 2 unspecified atom stereocenters. The number of hydrogen-bond acceptors (Lipinski definition) is 8. The summed E-state index contributed by atoms with van der Waals surface area (Å²) >= 11 is 0. The van der Waals surface area contributed by atoms with Gasteiger partial charge in [-0.2, -0.15) is 0 Å². The molecule has 378 valence electrons. The van der Waals surface area contributed by atoms with Crippen LogP contribution in [0.1, 0.15) is 44.7 Å². The fourth-order valence-electron chi connectivity index (χ4n) is 9.19. The van der Waals surface area contributed by atoms with Crippen molar-refractivity contribution in [2.45, 2.75) is 37.7 Å². The van der Waals surface area contributed by atoms with Gasteiger partial charge in [0.25, 0.3) is 0 Å². The first kappa shape index (κ1) is 52.6. The van der Waals surface area contributed by atoms with Crippen molar-refractivity contribution < 1.29 is 38.1 Å². The summed E-state index contributed by atoms with van der Waals surface area (Å²) in [6, 6.07) is 84.6. The van der Waals surface area contributed by atoms with E-state index in [9.17, 15) is 0 Å². The molecule has 2 atom stereocenters. The van der Waals surface area contributed by atoms with Gasteiger partial charge in [-0.15, -0.1) is 0 Å². The number of rotatable bonds is 22. The molecule has 0 N–H and O–H groups in total. The van der Waals surface area contributed by atoms with Crippen LogP contribution in [0.25, 0.3) is 0 Å². The van der Waals surface area contributed by atoms with E-state index in [1.165, 1.54) is 0 Å². The average molecular weight is 1040 g/mol. The molecule has 0 fully saturated rings. The Kier molecular flexibility index (Phi) is 18.5. The number of esters is 4. The third kappa shape index (κ3) is 13.7. The van der Waals surface area contributed by atoms with Crippen LogP contribution in [0.3, 0.4) is 0 Å². The van der Waals surface area contributed by atoms with E-state index in [4.69, 9.17) is 18.9 Å². The van der Waals surface area contributed by atoms with E-state index in [-0.39, 0.29) is 26.4 Å². The van der Waals surface area contributed by atoms with Crippen molar-refractivity contribution >= 4 is 60.9 Å². The lowest BCUT2D eigenvalue weighted by molar-refractivity contribution is -0.165. The molecule has 0 bridgehead atoms. The Morgan fingerprint density at radius 2 is 0.487 bits per heavy atom. The summed E-state index contributed by atoms with van der Waals surface area (Å²) < 4.78 is 24.8. The van der Waals surface area contributed by atoms with Gasteiger partial charge < -0.3 is 18.9 Å². The van der Waals surface area contributed by atoms with Gasteiger partial charge in [0.2, 0.25) is 0 Å². The first-order valence-electron chi connectivity index (χ1n) is 25.1. The molecule has 9 aromatic rings. The van der Waals surface area contributed by atoms with Crippen molar-refractivity contribution in [2.24, 2.45) is 11.8 Å². The summed E-state index contributed by atoms with van der Waals surface area (Å²) in [6.07, 6.45) is 0. The Morgan fingerprint density at radius 3 is 0.711 bits per heavy atom. The number of carbonyl (C=O) groups excluding carboxylic acids is 4. The zero-order chi connectivity index (χ0) is 52.3. The Morgan fingerprint density at radius 1 is 0.276 bits per heavy atom. The Labute approximate surface area is 446 Å². The summed E-state index contributed by atoms with van der Waals surface area (Å²) in [5.41, 5.74) is 2.38. The van der Waals surface area contributed by atoms with Crippen LogP contribution >= 0.6 is 15.8 Å². The molecular formula is C66H56O8P2. The summed E-state index contributed by atoms with van der Waals surface area (Å²) in [6.45, 7) is -0.326. The van der Waals surface area contributed by atoms with Crippen LogP contribution in [-0.2, 0) is 64.6 Å². The van der Waals surface area contributed by atoms with Crippen molar-refractivity contribution in [1.29, 1.82) is 0 Å². The second-order valence-electron chi connectivity index (χ2n) is 18.0. The molecule has 0 aliphatic heterocycles. The van der Waals surface area contributed by atoms with Gasteiger partial charge in [-0.25, -0.2) is 0 Å². The van der Waals surface area contributed by atoms with Crippen molar-refractivity contribution in [3.63, 3.8) is 0 Å². The lowest BCUT2D eigenvalue weighted by Crippen LogP contribution is -2.36. The molecule has 0 saturated heterocycles. The van der Waals surface area contributed by atoms with Crippen molar-refractivity contribution in [3.05, 3.63) is 300 Å². The number of ether oxygens (including phenoxy) is 4. The first-order valence-corrected chi connectivity index (χ1v) is 27.9. The molecule has 0 amide bonds. The monoisotopic (exact) mass is 1040 g/mol. The van der Waals surface area contributed by atoms with Crippen LogP contribution in [0.15, 0.2) is 267 Å². The summed E-state index contributed by atoms with van der Waals surface area (Å²) in [5.74, 6) is -6.02. The molecule has 10 heteroatoms. The highest BCUT2D eigenvalue weighted by molar-refractivity contribution is 7.73. The molecule has 0 saturated carbocycles. The molecule has 0 aliphatic rings. The predicted octanol–water partition coefficient (Wildman–Crippen LogP) is 12.2. The van der Waals surface area contributed by atoms with Crippen LogP contribution < -0.4 is 21.2 Å². The molecule has 76 heavy (non-hydrogen) atoms. The van der Waals surface area contributed by atoms with Gasteiger partial charge >= 0.3 is 23.9 Å². The Balaban J connectivity index is 1.26. The maximum Gasteiger partial charge on any atom is 0.321 e. The lowest BCUT2D eigenvalue weighted by Gasteiger charge is -2.35. The van der Waals surface area contributed by atoms with Gasteiger partial charge in [0.15, 0.2) is 11.8 Å². The smallest absolute Gasteiger partial charge is 0.321 e. The minimum absolute atomic E-state index is 0.0815. The highest BCUT2D eigenvalue weighted by Gasteiger charge is 2.47. The van der Waals surface area contributed by atoms with Crippen LogP contribution in [0, 0.1) is 11.8 Å². The van der Waals surface area contributed by atoms with Crippen molar-refractivity contribution in [3.8, 4) is 0 Å². The Hall–Kier alpha value is -8.28. The van der Waals surface area contributed by atoms with Gasteiger partial charge in [0, 0.05) is 11.3 Å². The molecule has 9 rings (SSSR count). The number of hydrogen-bond donors (Lipinski definition) is 0. The van der Waals surface area contributed by atoms with E-state index in [0.29, 0.717) is 11.1 Å². The highest BCUT2D eigenvalue weighted by Crippen LogP contribution is 2.58. The van der Waals surface area contributed by atoms with E-state index >= 15 is 19.2 Å². The maximum absolute atomic E-state index is 15.3. The van der Waals surface area contributed by atoms with Gasteiger partial charge in [0.05, 0.1) is 0 Å². The van der Waals surface area contributed by atoms with Crippen LogP contribution in [0.4, 0.5) is 0 Å². The van der Waals surface area contributed by atoms with E-state index in [2.05, 4.69) is 0 Å². The fourth-order valence-corrected chi connectivity index (χ4v) is 15.0. The maximum atomic E-state index is 15.3. The zero-order valence-electron chi connectivity index (χ0n) is 41.7. The molecule has 8 nitrogen and oxygen atoms in total. The molecule has 9 aromatic carbocycles. The minimum Gasteiger partial charge on any atom is -0.460 e. The van der Waals surface area contributed by atoms with E-state index < -0.39 is 62.9 Å². The van der Waals surface area contributed by atoms with Gasteiger partial charge in [-0.3, -0.25) is 19.2 Å². The zero-order valence-corrected chi connectivity index (χ0v) is 43.5. The third-order valence-corrected chi connectivity index (χ3v) is 18.6. The second kappa shape index (κ2) is 26.8. The van der Waals surface area contributed by atoms with Crippen LogP contribution in [0.5, 0.6) is 0 Å². The Bertz CT molecular complexity index is 2840. The van der Waals surface area contributed by atoms with Gasteiger partial charge in [-0.1, -0.05) is 267 Å². The molecule has 0 aromatic heterocycles. The first-order chi connectivity index (χ1) is 37.4. The van der Waals surface area contributed by atoms with Crippen LogP contribution in [0.2, 0.25) is 0 Å². The standard InChI is InChI=1S/C66H56O8P2/c67-63(71-45-49-26-9-1-10-27-49)59(64(68)72-46-50-28-11-2-12-29-50)61(75(55-36-17-5-18-37-55)56-38-19-6-20-39-56)53-34-25-35-54(44-53)62(76(57-40-21-7-22-41-57)58-42-23-8-24-43-58)60(65(69)73-47-51-30-13-3-14-31-51)66(70)74-48-52-32-15-4-16-33-52/h1-44,59-62H,45-48H2. The van der Waals surface area contributed by atoms with Crippen molar-refractivity contribution in [2.75, 3.05) is 0 Å². The van der Waals surface area contributed by atoms with Crippen LogP contribution in [-0.4, -0.2) is 23.9 Å². The number of benzene rings is 9. The molecule has 0 spiro atoms.